The average molecular weight is 472 g/mol. The summed E-state index contributed by atoms with van der Waals surface area (Å²) in [6.07, 6.45) is -0.699. The van der Waals surface area contributed by atoms with Gasteiger partial charge in [0.15, 0.2) is 0 Å². The van der Waals surface area contributed by atoms with Gasteiger partial charge in [0, 0.05) is 9.26 Å². The largest absolute Gasteiger partial charge is 0.390 e. The summed E-state index contributed by atoms with van der Waals surface area (Å²) in [6.45, 7) is 5.54. The summed E-state index contributed by atoms with van der Waals surface area (Å²) in [5.41, 5.74) is 4.08. The smallest absolute Gasteiger partial charge is 0.277 e. The van der Waals surface area contributed by atoms with Gasteiger partial charge in [-0.2, -0.15) is 0 Å². The Bertz CT molecular complexity index is 783. The molecule has 0 saturated heterocycles. The van der Waals surface area contributed by atoms with E-state index in [4.69, 9.17) is 4.84 Å². The lowest BCUT2D eigenvalue weighted by atomic mass is 10.1. The van der Waals surface area contributed by atoms with Crippen LogP contribution in [0.4, 0.5) is 15.8 Å². The highest BCUT2D eigenvalue weighted by Gasteiger charge is 2.17. The van der Waals surface area contributed by atoms with E-state index in [1.165, 1.54) is 18.2 Å². The molecule has 0 aliphatic rings. The molecule has 0 aliphatic heterocycles. The van der Waals surface area contributed by atoms with E-state index in [2.05, 4.69) is 33.4 Å². The number of halogens is 2. The molecule has 0 saturated carbocycles. The number of nitrogens with one attached hydrogen (secondary N) is 2. The molecule has 7 heteroatoms. The van der Waals surface area contributed by atoms with Crippen LogP contribution in [0.3, 0.4) is 0 Å². The number of hydroxylamine groups is 1. The molecule has 0 fully saturated rings. The second-order valence-corrected chi connectivity index (χ2v) is 7.55. The Morgan fingerprint density at radius 2 is 2.04 bits per heavy atom. The molecule has 0 radical (unpaired) electrons. The van der Waals surface area contributed by atoms with Gasteiger partial charge in [0.1, 0.15) is 12.4 Å². The summed E-state index contributed by atoms with van der Waals surface area (Å²) >= 11 is 2.20. The van der Waals surface area contributed by atoms with Gasteiger partial charge in [-0.05, 0) is 71.3 Å². The summed E-state index contributed by atoms with van der Waals surface area (Å²) < 4.78 is 15.4. The summed E-state index contributed by atoms with van der Waals surface area (Å²) in [5.74, 6) is -1.13. The lowest BCUT2D eigenvalue weighted by Gasteiger charge is -2.16. The first-order valence-corrected chi connectivity index (χ1v) is 9.29. The Morgan fingerprint density at radius 1 is 1.31 bits per heavy atom. The van der Waals surface area contributed by atoms with Crippen LogP contribution in [0.25, 0.3) is 0 Å². The molecule has 0 heterocycles. The van der Waals surface area contributed by atoms with E-state index in [1.54, 1.807) is 0 Å². The molecule has 1 amide bonds. The Balaban J connectivity index is 2.16. The van der Waals surface area contributed by atoms with E-state index >= 15 is 0 Å². The van der Waals surface area contributed by atoms with Crippen molar-refractivity contribution in [3.05, 3.63) is 56.9 Å². The Hall–Kier alpha value is -1.71. The highest BCUT2D eigenvalue weighted by Crippen LogP contribution is 2.27. The number of aryl methyl sites for hydroxylation is 1. The maximum absolute atomic E-state index is 14.3. The van der Waals surface area contributed by atoms with E-state index in [0.717, 1.165) is 9.13 Å². The molecule has 0 aromatic heterocycles. The molecule has 3 N–H and O–H groups in total. The summed E-state index contributed by atoms with van der Waals surface area (Å²) in [6, 6.07) is 9.93. The first-order chi connectivity index (χ1) is 12.3. The van der Waals surface area contributed by atoms with E-state index in [-0.39, 0.29) is 23.8 Å². The first-order valence-electron chi connectivity index (χ1n) is 8.21. The van der Waals surface area contributed by atoms with E-state index in [9.17, 15) is 14.3 Å². The highest BCUT2D eigenvalue weighted by atomic mass is 127. The molecule has 140 valence electrons. The topological polar surface area (TPSA) is 70.6 Å². The molecular weight excluding hydrogens is 450 g/mol. The number of hydrogen-bond donors (Lipinski definition) is 3. The van der Waals surface area contributed by atoms with Gasteiger partial charge in [-0.25, -0.2) is 9.87 Å². The van der Waals surface area contributed by atoms with Crippen LogP contribution < -0.4 is 10.8 Å². The molecular formula is C19H22FIN2O3. The van der Waals surface area contributed by atoms with Crippen molar-refractivity contribution in [2.45, 2.75) is 26.9 Å². The zero-order valence-electron chi connectivity index (χ0n) is 14.8. The first kappa shape index (κ1) is 20.6. The average Bonchev–Trinajstić information content (AvgIpc) is 2.58. The Kier molecular flexibility index (Phi) is 7.36. The molecule has 1 atom stereocenters. The number of carbonyl (C=O) groups is 1. The maximum atomic E-state index is 14.3. The minimum Gasteiger partial charge on any atom is -0.390 e. The third kappa shape index (κ3) is 5.39. The summed E-state index contributed by atoms with van der Waals surface area (Å²) in [5, 5.41) is 12.7. The number of benzene rings is 2. The van der Waals surface area contributed by atoms with Crippen LogP contribution in [0.1, 0.15) is 29.8 Å². The van der Waals surface area contributed by atoms with Gasteiger partial charge in [-0.1, -0.05) is 19.9 Å². The third-order valence-corrected chi connectivity index (χ3v) is 4.57. The van der Waals surface area contributed by atoms with Crippen LogP contribution in [0.15, 0.2) is 36.4 Å². The molecule has 0 bridgehead atoms. The van der Waals surface area contributed by atoms with Crippen molar-refractivity contribution in [3.8, 4) is 0 Å². The lowest BCUT2D eigenvalue weighted by molar-refractivity contribution is -0.0268. The monoisotopic (exact) mass is 472 g/mol. The van der Waals surface area contributed by atoms with Crippen molar-refractivity contribution < 1.29 is 19.1 Å². The minimum atomic E-state index is -0.699. The Labute approximate surface area is 166 Å². The summed E-state index contributed by atoms with van der Waals surface area (Å²) in [7, 11) is 0. The molecule has 0 spiro atoms. The second-order valence-electron chi connectivity index (χ2n) is 6.30. The van der Waals surface area contributed by atoms with Crippen LogP contribution in [0.2, 0.25) is 0 Å². The quantitative estimate of drug-likeness (QED) is 0.418. The van der Waals surface area contributed by atoms with E-state index in [0.29, 0.717) is 5.69 Å². The fraction of sp³-hybridized carbons (Fsp3) is 0.316. The van der Waals surface area contributed by atoms with Gasteiger partial charge in [0.2, 0.25) is 0 Å². The van der Waals surface area contributed by atoms with Crippen LogP contribution in [-0.2, 0) is 4.84 Å². The van der Waals surface area contributed by atoms with Crippen LogP contribution in [0, 0.1) is 22.2 Å². The fourth-order valence-corrected chi connectivity index (χ4v) is 2.83. The predicted molar refractivity (Wildman–Crippen MR) is 108 cm³/mol. The number of amides is 1. The van der Waals surface area contributed by atoms with E-state index in [1.807, 2.05) is 39.0 Å². The maximum Gasteiger partial charge on any atom is 0.277 e. The highest BCUT2D eigenvalue weighted by molar-refractivity contribution is 14.1. The zero-order valence-corrected chi connectivity index (χ0v) is 17.0. The number of aliphatic hydroxyl groups is 1. The van der Waals surface area contributed by atoms with Crippen molar-refractivity contribution in [1.29, 1.82) is 0 Å². The number of aliphatic hydroxyl groups excluding tert-OH is 1. The molecule has 2 aromatic carbocycles. The zero-order chi connectivity index (χ0) is 19.3. The standard InChI is InChI=1S/C19H22FIN2O3/c1-11(2)17(24)10-26-23-19(25)14-5-4-6-15(20)18(14)22-16-8-7-13(21)9-12(16)3/h4-9,11,17,22,24H,10H2,1-3H3,(H,23,25). The summed E-state index contributed by atoms with van der Waals surface area (Å²) in [4.78, 5) is 17.4. The second kappa shape index (κ2) is 9.29. The third-order valence-electron chi connectivity index (χ3n) is 3.89. The number of carbonyl (C=O) groups excluding carboxylic acids is 1. The van der Waals surface area contributed by atoms with Gasteiger partial charge in [-0.15, -0.1) is 0 Å². The normalized spacial score (nSPS) is 12.1. The van der Waals surface area contributed by atoms with Crippen molar-refractivity contribution in [2.75, 3.05) is 11.9 Å². The van der Waals surface area contributed by atoms with Gasteiger partial charge < -0.3 is 10.4 Å². The van der Waals surface area contributed by atoms with Crippen molar-refractivity contribution in [3.63, 3.8) is 0 Å². The van der Waals surface area contributed by atoms with Crippen LogP contribution in [-0.4, -0.2) is 23.7 Å². The van der Waals surface area contributed by atoms with Crippen molar-refractivity contribution in [1.82, 2.24) is 5.48 Å². The van der Waals surface area contributed by atoms with Gasteiger partial charge in [-0.3, -0.25) is 9.63 Å². The van der Waals surface area contributed by atoms with Crippen molar-refractivity contribution in [2.24, 2.45) is 5.92 Å². The van der Waals surface area contributed by atoms with Gasteiger partial charge in [0.05, 0.1) is 17.4 Å². The van der Waals surface area contributed by atoms with Gasteiger partial charge >= 0.3 is 0 Å². The van der Waals surface area contributed by atoms with Crippen LogP contribution in [0.5, 0.6) is 0 Å². The number of para-hydroxylation sites is 1. The SMILES string of the molecule is Cc1cc(I)ccc1Nc1c(F)cccc1C(=O)NOCC(O)C(C)C. The number of hydrogen-bond acceptors (Lipinski definition) is 4. The minimum absolute atomic E-state index is 0.00199. The fourth-order valence-electron chi connectivity index (χ4n) is 2.18. The molecule has 1 unspecified atom stereocenters. The van der Waals surface area contributed by atoms with E-state index < -0.39 is 17.8 Å². The van der Waals surface area contributed by atoms with Crippen LogP contribution >= 0.6 is 22.6 Å². The predicted octanol–water partition coefficient (Wildman–Crippen LogP) is 4.16. The Morgan fingerprint density at radius 3 is 2.69 bits per heavy atom. The number of rotatable bonds is 7. The molecule has 2 aromatic rings. The molecule has 0 aliphatic carbocycles. The molecule has 2 rings (SSSR count). The molecule has 26 heavy (non-hydrogen) atoms. The molecule has 5 nitrogen and oxygen atoms in total. The lowest BCUT2D eigenvalue weighted by Crippen LogP contribution is -2.31. The number of anilines is 2. The van der Waals surface area contributed by atoms with Crippen molar-refractivity contribution >= 4 is 39.9 Å². The van der Waals surface area contributed by atoms with Gasteiger partial charge in [0.25, 0.3) is 5.91 Å².